The van der Waals surface area contributed by atoms with Gasteiger partial charge in [-0.3, -0.25) is 4.90 Å². The summed E-state index contributed by atoms with van der Waals surface area (Å²) in [6, 6.07) is 5.29. The van der Waals surface area contributed by atoms with Gasteiger partial charge in [-0.1, -0.05) is 18.6 Å². The van der Waals surface area contributed by atoms with Crippen molar-refractivity contribution in [3.05, 3.63) is 34.6 Å². The molecular formula is C17H25FN2. The van der Waals surface area contributed by atoms with Gasteiger partial charge >= 0.3 is 0 Å². The summed E-state index contributed by atoms with van der Waals surface area (Å²) in [5, 5.41) is 3.71. The standard InChI is InChI=1S/C17H25FN2/c1-12-9-14(10-13(2)17(12)18)11-19-15-6-8-20-7-4-3-5-16(15)20/h9-10,15-16,19H,3-8,11H2,1-2H3. The summed E-state index contributed by atoms with van der Waals surface area (Å²) >= 11 is 0. The van der Waals surface area contributed by atoms with Gasteiger partial charge in [-0.05, 0) is 56.3 Å². The zero-order valence-corrected chi connectivity index (χ0v) is 12.6. The number of halogens is 1. The van der Waals surface area contributed by atoms with Crippen LogP contribution in [0, 0.1) is 19.7 Å². The molecule has 0 aliphatic carbocycles. The molecule has 2 nitrogen and oxygen atoms in total. The summed E-state index contributed by atoms with van der Waals surface area (Å²) in [5.74, 6) is -0.0620. The minimum absolute atomic E-state index is 0.0620. The molecule has 3 heteroatoms. The fourth-order valence-electron chi connectivity index (χ4n) is 3.87. The van der Waals surface area contributed by atoms with E-state index >= 15 is 0 Å². The number of nitrogens with one attached hydrogen (secondary N) is 1. The second-order valence-electron chi connectivity index (χ2n) is 6.42. The van der Waals surface area contributed by atoms with E-state index in [1.807, 2.05) is 26.0 Å². The number of fused-ring (bicyclic) bond motifs is 1. The number of hydrogen-bond donors (Lipinski definition) is 1. The smallest absolute Gasteiger partial charge is 0.129 e. The molecule has 3 rings (SSSR count). The van der Waals surface area contributed by atoms with E-state index in [1.165, 1.54) is 44.3 Å². The molecule has 2 fully saturated rings. The number of aryl methyl sites for hydroxylation is 2. The Bertz CT molecular complexity index is 463. The van der Waals surface area contributed by atoms with Gasteiger partial charge < -0.3 is 5.32 Å². The molecule has 2 heterocycles. The van der Waals surface area contributed by atoms with Crippen molar-refractivity contribution in [1.82, 2.24) is 10.2 Å². The minimum atomic E-state index is -0.0620. The molecule has 0 radical (unpaired) electrons. The predicted octanol–water partition coefficient (Wildman–Crippen LogP) is 3.16. The van der Waals surface area contributed by atoms with Crippen molar-refractivity contribution in [3.63, 3.8) is 0 Å². The summed E-state index contributed by atoms with van der Waals surface area (Å²) in [4.78, 5) is 2.64. The fraction of sp³-hybridized carbons (Fsp3) is 0.647. The van der Waals surface area contributed by atoms with Crippen LogP contribution in [0.25, 0.3) is 0 Å². The second-order valence-corrected chi connectivity index (χ2v) is 6.42. The molecular weight excluding hydrogens is 251 g/mol. The number of benzene rings is 1. The third-order valence-corrected chi connectivity index (χ3v) is 4.92. The van der Waals surface area contributed by atoms with Crippen molar-refractivity contribution in [2.45, 2.75) is 58.2 Å². The molecule has 2 atom stereocenters. The highest BCUT2D eigenvalue weighted by atomic mass is 19.1. The molecule has 0 aromatic heterocycles. The summed E-state index contributed by atoms with van der Waals surface area (Å²) in [6.07, 6.45) is 5.32. The van der Waals surface area contributed by atoms with Crippen molar-refractivity contribution >= 4 is 0 Å². The molecule has 110 valence electrons. The van der Waals surface area contributed by atoms with Gasteiger partial charge in [0.05, 0.1) is 0 Å². The maximum Gasteiger partial charge on any atom is 0.129 e. The van der Waals surface area contributed by atoms with Crippen molar-refractivity contribution < 1.29 is 4.39 Å². The van der Waals surface area contributed by atoms with Gasteiger partial charge in [-0.15, -0.1) is 0 Å². The van der Waals surface area contributed by atoms with Crippen molar-refractivity contribution in [2.75, 3.05) is 13.1 Å². The van der Waals surface area contributed by atoms with E-state index in [2.05, 4.69) is 10.2 Å². The Morgan fingerprint density at radius 1 is 1.15 bits per heavy atom. The summed E-state index contributed by atoms with van der Waals surface area (Å²) < 4.78 is 13.6. The number of hydrogen-bond acceptors (Lipinski definition) is 2. The molecule has 1 N–H and O–H groups in total. The van der Waals surface area contributed by atoms with Gasteiger partial charge in [0, 0.05) is 25.2 Å². The maximum absolute atomic E-state index is 13.6. The van der Waals surface area contributed by atoms with Crippen molar-refractivity contribution in [2.24, 2.45) is 0 Å². The minimum Gasteiger partial charge on any atom is -0.308 e. The van der Waals surface area contributed by atoms with Crippen molar-refractivity contribution in [1.29, 1.82) is 0 Å². The van der Waals surface area contributed by atoms with E-state index in [4.69, 9.17) is 0 Å². The lowest BCUT2D eigenvalue weighted by molar-refractivity contribution is 0.180. The van der Waals surface area contributed by atoms with E-state index in [0.717, 1.165) is 23.7 Å². The molecule has 1 aromatic carbocycles. The second kappa shape index (κ2) is 5.82. The van der Waals surface area contributed by atoms with Crippen LogP contribution in [0.5, 0.6) is 0 Å². The Labute approximate surface area is 121 Å². The average Bonchev–Trinajstić information content (AvgIpc) is 2.85. The van der Waals surface area contributed by atoms with E-state index in [9.17, 15) is 4.39 Å². The van der Waals surface area contributed by atoms with Gasteiger partial charge in [0.2, 0.25) is 0 Å². The molecule has 2 saturated heterocycles. The van der Waals surface area contributed by atoms with Crippen LogP contribution in [0.3, 0.4) is 0 Å². The van der Waals surface area contributed by atoms with E-state index < -0.39 is 0 Å². The first-order valence-corrected chi connectivity index (χ1v) is 7.88. The highest BCUT2D eigenvalue weighted by Crippen LogP contribution is 2.27. The van der Waals surface area contributed by atoms with Crippen LogP contribution in [-0.2, 0) is 6.54 Å². The zero-order chi connectivity index (χ0) is 14.1. The highest BCUT2D eigenvalue weighted by Gasteiger charge is 2.34. The highest BCUT2D eigenvalue weighted by molar-refractivity contribution is 5.30. The van der Waals surface area contributed by atoms with Gasteiger partial charge in [-0.2, -0.15) is 0 Å². The SMILES string of the molecule is Cc1cc(CNC2CCN3CCCCC23)cc(C)c1F. The molecule has 0 spiro atoms. The zero-order valence-electron chi connectivity index (χ0n) is 12.6. The lowest BCUT2D eigenvalue weighted by Crippen LogP contribution is -2.44. The first-order chi connectivity index (χ1) is 9.65. The first kappa shape index (κ1) is 14.0. The molecule has 2 aliphatic rings. The molecule has 20 heavy (non-hydrogen) atoms. The maximum atomic E-state index is 13.6. The quantitative estimate of drug-likeness (QED) is 0.912. The van der Waals surface area contributed by atoms with Crippen LogP contribution < -0.4 is 5.32 Å². The summed E-state index contributed by atoms with van der Waals surface area (Å²) in [7, 11) is 0. The van der Waals surface area contributed by atoms with E-state index in [-0.39, 0.29) is 5.82 Å². The van der Waals surface area contributed by atoms with Crippen molar-refractivity contribution in [3.8, 4) is 0 Å². The Kier molecular flexibility index (Phi) is 4.08. The third kappa shape index (κ3) is 2.75. The Morgan fingerprint density at radius 2 is 1.90 bits per heavy atom. The van der Waals surface area contributed by atoms with E-state index in [1.54, 1.807) is 0 Å². The molecule has 2 unspecified atom stereocenters. The topological polar surface area (TPSA) is 15.3 Å². The molecule has 0 saturated carbocycles. The van der Waals surface area contributed by atoms with Crippen LogP contribution in [0.15, 0.2) is 12.1 Å². The normalized spacial score (nSPS) is 26.8. The Balaban J connectivity index is 1.62. The van der Waals surface area contributed by atoms with Gasteiger partial charge in [0.25, 0.3) is 0 Å². The Morgan fingerprint density at radius 3 is 2.65 bits per heavy atom. The number of nitrogens with zero attached hydrogens (tertiary/aromatic N) is 1. The molecule has 0 bridgehead atoms. The number of rotatable bonds is 3. The van der Waals surface area contributed by atoms with Crippen LogP contribution >= 0.6 is 0 Å². The van der Waals surface area contributed by atoms with Crippen LogP contribution in [0.2, 0.25) is 0 Å². The summed E-state index contributed by atoms with van der Waals surface area (Å²) in [6.45, 7) is 7.08. The van der Waals surface area contributed by atoms with Crippen LogP contribution in [-0.4, -0.2) is 30.1 Å². The van der Waals surface area contributed by atoms with Crippen LogP contribution in [0.1, 0.15) is 42.4 Å². The van der Waals surface area contributed by atoms with Gasteiger partial charge in [0.1, 0.15) is 5.82 Å². The molecule has 1 aromatic rings. The van der Waals surface area contributed by atoms with E-state index in [0.29, 0.717) is 6.04 Å². The third-order valence-electron chi connectivity index (χ3n) is 4.92. The van der Waals surface area contributed by atoms with Crippen LogP contribution in [0.4, 0.5) is 4.39 Å². The molecule has 0 amide bonds. The summed E-state index contributed by atoms with van der Waals surface area (Å²) in [5.41, 5.74) is 2.72. The molecule has 2 aliphatic heterocycles. The van der Waals surface area contributed by atoms with Gasteiger partial charge in [0.15, 0.2) is 0 Å². The average molecular weight is 276 g/mol. The first-order valence-electron chi connectivity index (χ1n) is 7.88. The fourth-order valence-corrected chi connectivity index (χ4v) is 3.87. The van der Waals surface area contributed by atoms with Gasteiger partial charge in [-0.25, -0.2) is 4.39 Å². The lowest BCUT2D eigenvalue weighted by atomic mass is 9.98. The largest absolute Gasteiger partial charge is 0.308 e. The number of piperidine rings is 1. The predicted molar refractivity (Wildman–Crippen MR) is 80.3 cm³/mol. The monoisotopic (exact) mass is 276 g/mol. The lowest BCUT2D eigenvalue weighted by Gasteiger charge is -2.32. The Hall–Kier alpha value is -0.930.